The number of hydrogen-bond donors (Lipinski definition) is 0. The molecular weight excluding hydrogens is 292 g/mol. The molecule has 0 atom stereocenters. The first-order chi connectivity index (χ1) is 10.5. The summed E-state index contributed by atoms with van der Waals surface area (Å²) in [5.41, 5.74) is -0.354. The van der Waals surface area contributed by atoms with Crippen LogP contribution >= 0.6 is 0 Å². The second-order valence-corrected chi connectivity index (χ2v) is 5.42. The van der Waals surface area contributed by atoms with E-state index in [4.69, 9.17) is 4.74 Å². The molecule has 6 heteroatoms. The first kappa shape index (κ1) is 14.7. The van der Waals surface area contributed by atoms with Crippen molar-refractivity contribution in [2.24, 2.45) is 0 Å². The maximum absolute atomic E-state index is 13.9. The van der Waals surface area contributed by atoms with E-state index in [0.29, 0.717) is 5.52 Å². The van der Waals surface area contributed by atoms with Gasteiger partial charge >= 0.3 is 5.97 Å². The lowest BCUT2D eigenvalue weighted by molar-refractivity contribution is 0.0524. The van der Waals surface area contributed by atoms with E-state index >= 15 is 0 Å². The Balaban J connectivity index is 2.38. The van der Waals surface area contributed by atoms with Gasteiger partial charge in [0.15, 0.2) is 11.6 Å². The van der Waals surface area contributed by atoms with Gasteiger partial charge in [-0.25, -0.2) is 13.6 Å². The molecule has 0 saturated heterocycles. The molecule has 0 N–H and O–H groups in total. The Labute approximate surface area is 125 Å². The molecule has 3 rings (SSSR count). The number of carbonyl (C=O) groups is 1. The Kier molecular flexibility index (Phi) is 3.47. The molecule has 1 aliphatic carbocycles. The predicted octanol–water partition coefficient (Wildman–Crippen LogP) is 3.10. The van der Waals surface area contributed by atoms with Crippen LogP contribution in [0.4, 0.5) is 8.78 Å². The molecule has 4 nitrogen and oxygen atoms in total. The van der Waals surface area contributed by atoms with Gasteiger partial charge in [-0.05, 0) is 32.8 Å². The van der Waals surface area contributed by atoms with Crippen LogP contribution in [0.15, 0.2) is 17.1 Å². The summed E-state index contributed by atoms with van der Waals surface area (Å²) in [5, 5.41) is 0.00820. The van der Waals surface area contributed by atoms with E-state index < -0.39 is 23.0 Å². The molecule has 22 heavy (non-hydrogen) atoms. The Morgan fingerprint density at radius 2 is 2.09 bits per heavy atom. The molecule has 0 aliphatic heterocycles. The highest BCUT2D eigenvalue weighted by molar-refractivity contribution is 5.94. The quantitative estimate of drug-likeness (QED) is 0.819. The Morgan fingerprint density at radius 1 is 1.41 bits per heavy atom. The van der Waals surface area contributed by atoms with Gasteiger partial charge in [-0.2, -0.15) is 0 Å². The van der Waals surface area contributed by atoms with Gasteiger partial charge in [0.1, 0.15) is 5.56 Å². The van der Waals surface area contributed by atoms with Crippen LogP contribution in [0.25, 0.3) is 10.9 Å². The maximum Gasteiger partial charge on any atom is 0.343 e. The summed E-state index contributed by atoms with van der Waals surface area (Å²) in [5.74, 6) is -2.80. The van der Waals surface area contributed by atoms with Gasteiger partial charge in [0.25, 0.3) is 0 Å². The van der Waals surface area contributed by atoms with Crippen molar-refractivity contribution in [1.82, 2.24) is 4.57 Å². The van der Waals surface area contributed by atoms with Crippen molar-refractivity contribution >= 4 is 16.9 Å². The lowest BCUT2D eigenvalue weighted by atomic mass is 10.1. The lowest BCUT2D eigenvalue weighted by Gasteiger charge is -2.15. The zero-order valence-electron chi connectivity index (χ0n) is 12.3. The number of nitrogens with zero attached hydrogens (tertiary/aromatic N) is 1. The second kappa shape index (κ2) is 5.19. The van der Waals surface area contributed by atoms with E-state index in [2.05, 4.69) is 0 Å². The van der Waals surface area contributed by atoms with E-state index in [0.717, 1.165) is 18.9 Å². The summed E-state index contributed by atoms with van der Waals surface area (Å²) in [4.78, 5) is 24.4. The highest BCUT2D eigenvalue weighted by Crippen LogP contribution is 2.38. The SMILES string of the molecule is CCOC(=O)c1cn(C2CC2)c2c(C)c(F)c(F)cc2c1=O. The van der Waals surface area contributed by atoms with Gasteiger partial charge < -0.3 is 9.30 Å². The fourth-order valence-electron chi connectivity index (χ4n) is 2.65. The summed E-state index contributed by atoms with van der Waals surface area (Å²) in [6.07, 6.45) is 3.15. The Hall–Kier alpha value is -2.24. The van der Waals surface area contributed by atoms with Crippen molar-refractivity contribution in [2.75, 3.05) is 6.61 Å². The number of carbonyl (C=O) groups excluding carboxylic acids is 1. The molecule has 1 aromatic heterocycles. The van der Waals surface area contributed by atoms with Gasteiger partial charge in [0, 0.05) is 23.2 Å². The minimum atomic E-state index is -1.09. The standard InChI is InChI=1S/C16H15F2NO3/c1-3-22-16(21)11-7-19(9-4-5-9)14-8(2)13(18)12(17)6-10(14)15(11)20/h6-7,9H,3-5H2,1-2H3. The second-order valence-electron chi connectivity index (χ2n) is 5.42. The first-order valence-electron chi connectivity index (χ1n) is 7.16. The van der Waals surface area contributed by atoms with Crippen LogP contribution in [0.1, 0.15) is 41.7 Å². The number of hydrogen-bond acceptors (Lipinski definition) is 3. The molecular formula is C16H15F2NO3. The molecule has 0 radical (unpaired) electrons. The van der Waals surface area contributed by atoms with E-state index in [9.17, 15) is 18.4 Å². The number of ether oxygens (including phenoxy) is 1. The van der Waals surface area contributed by atoms with Crippen LogP contribution < -0.4 is 5.43 Å². The van der Waals surface area contributed by atoms with Crippen molar-refractivity contribution in [3.63, 3.8) is 0 Å². The topological polar surface area (TPSA) is 48.3 Å². The molecule has 0 spiro atoms. The molecule has 0 unspecified atom stereocenters. The van der Waals surface area contributed by atoms with Gasteiger partial charge in [-0.15, -0.1) is 0 Å². The van der Waals surface area contributed by atoms with Gasteiger partial charge in [0.2, 0.25) is 5.43 Å². The fraction of sp³-hybridized carbons (Fsp3) is 0.375. The normalized spacial score (nSPS) is 14.4. The molecule has 1 heterocycles. The molecule has 116 valence electrons. The molecule has 2 aromatic rings. The number of esters is 1. The summed E-state index contributed by atoms with van der Waals surface area (Å²) in [7, 11) is 0. The Morgan fingerprint density at radius 3 is 2.68 bits per heavy atom. The van der Waals surface area contributed by atoms with Crippen LogP contribution in [0.3, 0.4) is 0 Å². The highest BCUT2D eigenvalue weighted by Gasteiger charge is 2.29. The van der Waals surface area contributed by atoms with Crippen LogP contribution in [0.5, 0.6) is 0 Å². The monoisotopic (exact) mass is 307 g/mol. The van der Waals surface area contributed by atoms with Gasteiger partial charge in [0.05, 0.1) is 12.1 Å². The smallest absolute Gasteiger partial charge is 0.343 e. The summed E-state index contributed by atoms with van der Waals surface area (Å²) in [6, 6.07) is 0.960. The average molecular weight is 307 g/mol. The molecule has 1 aromatic carbocycles. The fourth-order valence-corrected chi connectivity index (χ4v) is 2.65. The van der Waals surface area contributed by atoms with Crippen LogP contribution in [0.2, 0.25) is 0 Å². The number of fused-ring (bicyclic) bond motifs is 1. The van der Waals surface area contributed by atoms with E-state index in [1.54, 1.807) is 11.5 Å². The minimum absolute atomic E-state index is 0.00820. The predicted molar refractivity (Wildman–Crippen MR) is 77.1 cm³/mol. The third-order valence-corrected chi connectivity index (χ3v) is 3.87. The summed E-state index contributed by atoms with van der Waals surface area (Å²) < 4.78 is 34.1. The number of benzene rings is 1. The maximum atomic E-state index is 13.9. The van der Waals surface area contributed by atoms with Crippen molar-refractivity contribution in [3.8, 4) is 0 Å². The van der Waals surface area contributed by atoms with Crippen LogP contribution in [0, 0.1) is 18.6 Å². The summed E-state index contributed by atoms with van der Waals surface area (Å²) in [6.45, 7) is 3.21. The van der Waals surface area contributed by atoms with E-state index in [1.807, 2.05) is 0 Å². The molecule has 1 fully saturated rings. The van der Waals surface area contributed by atoms with Crippen molar-refractivity contribution in [2.45, 2.75) is 32.7 Å². The van der Waals surface area contributed by atoms with Gasteiger partial charge in [-0.1, -0.05) is 0 Å². The van der Waals surface area contributed by atoms with Crippen molar-refractivity contribution < 1.29 is 18.3 Å². The number of aryl methyl sites for hydroxylation is 1. The molecule has 0 bridgehead atoms. The average Bonchev–Trinajstić information content (AvgIpc) is 3.30. The largest absolute Gasteiger partial charge is 0.462 e. The molecule has 1 aliphatic rings. The van der Waals surface area contributed by atoms with Crippen LogP contribution in [-0.2, 0) is 4.74 Å². The zero-order valence-corrected chi connectivity index (χ0v) is 12.3. The molecule has 1 saturated carbocycles. The zero-order chi connectivity index (χ0) is 16.0. The van der Waals surface area contributed by atoms with Crippen molar-refractivity contribution in [3.05, 3.63) is 45.2 Å². The van der Waals surface area contributed by atoms with Gasteiger partial charge in [-0.3, -0.25) is 4.79 Å². The Bertz CT molecular complexity index is 838. The summed E-state index contributed by atoms with van der Waals surface area (Å²) >= 11 is 0. The number of rotatable bonds is 3. The third kappa shape index (κ3) is 2.19. The van der Waals surface area contributed by atoms with Crippen molar-refractivity contribution in [1.29, 1.82) is 0 Å². The first-order valence-corrected chi connectivity index (χ1v) is 7.16. The number of halogens is 2. The van der Waals surface area contributed by atoms with E-state index in [-0.39, 0.29) is 29.2 Å². The number of aromatic nitrogens is 1. The third-order valence-electron chi connectivity index (χ3n) is 3.87. The number of pyridine rings is 1. The van der Waals surface area contributed by atoms with Crippen LogP contribution in [-0.4, -0.2) is 17.1 Å². The van der Waals surface area contributed by atoms with E-state index in [1.165, 1.54) is 13.1 Å². The molecule has 0 amide bonds. The lowest BCUT2D eigenvalue weighted by Crippen LogP contribution is -2.21. The minimum Gasteiger partial charge on any atom is -0.462 e. The highest BCUT2D eigenvalue weighted by atomic mass is 19.2.